The lowest BCUT2D eigenvalue weighted by molar-refractivity contribution is -0.144. The number of hydrogen-bond acceptors (Lipinski definition) is 3. The van der Waals surface area contributed by atoms with Crippen LogP contribution in [0.4, 0.5) is 4.39 Å². The summed E-state index contributed by atoms with van der Waals surface area (Å²) < 4.78 is 17.8. The molecule has 0 saturated carbocycles. The number of esters is 1. The van der Waals surface area contributed by atoms with Crippen molar-refractivity contribution in [3.8, 4) is 0 Å². The summed E-state index contributed by atoms with van der Waals surface area (Å²) >= 11 is 0. The molecule has 1 aromatic rings. The maximum atomic E-state index is 13.0. The second kappa shape index (κ2) is 7.51. The minimum Gasteiger partial charge on any atom is -0.466 e. The number of benzene rings is 1. The molecule has 0 heterocycles. The highest BCUT2D eigenvalue weighted by Crippen LogP contribution is 2.13. The molecule has 1 aromatic carbocycles. The summed E-state index contributed by atoms with van der Waals surface area (Å²) in [5.41, 5.74) is 0.685. The first kappa shape index (κ1) is 15.1. The minimum atomic E-state index is -0.393. The van der Waals surface area contributed by atoms with Crippen molar-refractivity contribution in [1.82, 2.24) is 5.32 Å². The molecule has 0 fully saturated rings. The van der Waals surface area contributed by atoms with Gasteiger partial charge in [-0.2, -0.15) is 0 Å². The van der Waals surface area contributed by atoms with Crippen molar-refractivity contribution in [2.75, 3.05) is 6.61 Å². The molecule has 0 aromatic heterocycles. The minimum absolute atomic E-state index is 0.0511. The molecule has 0 spiro atoms. The standard InChI is InChI=1S/C14H18FNO3/c1-3-19-14(18)8-7-13(17)16-10(2)11-5-4-6-12(15)9-11/h4-6,9-10H,3,7-8H2,1-2H3,(H,16,17)/t10-/m1/s1. The molecule has 0 aliphatic heterocycles. The van der Waals surface area contributed by atoms with Gasteiger partial charge in [0.1, 0.15) is 5.82 Å². The van der Waals surface area contributed by atoms with Crippen LogP contribution < -0.4 is 5.32 Å². The number of rotatable bonds is 6. The van der Waals surface area contributed by atoms with Crippen molar-refractivity contribution in [2.24, 2.45) is 0 Å². The zero-order valence-corrected chi connectivity index (χ0v) is 11.1. The summed E-state index contributed by atoms with van der Waals surface area (Å²) in [5, 5.41) is 2.71. The molecular formula is C14H18FNO3. The van der Waals surface area contributed by atoms with Crippen LogP contribution >= 0.6 is 0 Å². The summed E-state index contributed by atoms with van der Waals surface area (Å²) in [5.74, 6) is -0.994. The third kappa shape index (κ3) is 5.50. The van der Waals surface area contributed by atoms with Gasteiger partial charge in [-0.3, -0.25) is 9.59 Å². The molecule has 1 amide bonds. The van der Waals surface area contributed by atoms with E-state index in [2.05, 4.69) is 5.32 Å². The van der Waals surface area contributed by atoms with Gasteiger partial charge in [0.2, 0.25) is 5.91 Å². The van der Waals surface area contributed by atoms with E-state index in [0.717, 1.165) is 0 Å². The van der Waals surface area contributed by atoms with E-state index in [9.17, 15) is 14.0 Å². The number of amides is 1. The van der Waals surface area contributed by atoms with Gasteiger partial charge < -0.3 is 10.1 Å². The Morgan fingerprint density at radius 2 is 2.11 bits per heavy atom. The molecule has 1 N–H and O–H groups in total. The Balaban J connectivity index is 2.42. The monoisotopic (exact) mass is 267 g/mol. The molecule has 5 heteroatoms. The number of halogens is 1. The Kier molecular flexibility index (Phi) is 5.99. The van der Waals surface area contributed by atoms with Crippen LogP contribution in [0.2, 0.25) is 0 Å². The maximum absolute atomic E-state index is 13.0. The summed E-state index contributed by atoms with van der Waals surface area (Å²) in [6, 6.07) is 5.74. The fraction of sp³-hybridized carbons (Fsp3) is 0.429. The molecule has 0 unspecified atom stereocenters. The van der Waals surface area contributed by atoms with Crippen LogP contribution in [-0.2, 0) is 14.3 Å². The van der Waals surface area contributed by atoms with Crippen LogP contribution in [-0.4, -0.2) is 18.5 Å². The highest BCUT2D eigenvalue weighted by molar-refractivity contribution is 5.81. The Labute approximate surface area is 112 Å². The average Bonchev–Trinajstić information content (AvgIpc) is 2.36. The lowest BCUT2D eigenvalue weighted by Crippen LogP contribution is -2.27. The molecule has 1 atom stereocenters. The molecular weight excluding hydrogens is 249 g/mol. The lowest BCUT2D eigenvalue weighted by Gasteiger charge is -2.14. The molecule has 0 saturated heterocycles. The Bertz CT molecular complexity index is 448. The highest BCUT2D eigenvalue weighted by atomic mass is 19.1. The Morgan fingerprint density at radius 3 is 2.74 bits per heavy atom. The van der Waals surface area contributed by atoms with Gasteiger partial charge in [0, 0.05) is 6.42 Å². The summed E-state index contributed by atoms with van der Waals surface area (Å²) in [7, 11) is 0. The van der Waals surface area contributed by atoms with Crippen LogP contribution in [0.15, 0.2) is 24.3 Å². The zero-order valence-electron chi connectivity index (χ0n) is 11.1. The summed E-state index contributed by atoms with van der Waals surface area (Å²) in [6.45, 7) is 3.78. The van der Waals surface area contributed by atoms with E-state index in [1.54, 1.807) is 26.0 Å². The van der Waals surface area contributed by atoms with Crippen molar-refractivity contribution in [1.29, 1.82) is 0 Å². The van der Waals surface area contributed by atoms with E-state index in [0.29, 0.717) is 12.2 Å². The first-order chi connectivity index (χ1) is 9.02. The van der Waals surface area contributed by atoms with Crippen molar-refractivity contribution in [2.45, 2.75) is 32.7 Å². The maximum Gasteiger partial charge on any atom is 0.306 e. The summed E-state index contributed by atoms with van der Waals surface area (Å²) in [4.78, 5) is 22.7. The molecule has 1 rings (SSSR count). The topological polar surface area (TPSA) is 55.4 Å². The van der Waals surface area contributed by atoms with E-state index in [-0.39, 0.29) is 30.6 Å². The SMILES string of the molecule is CCOC(=O)CCC(=O)N[C@H](C)c1cccc(F)c1. The van der Waals surface area contributed by atoms with E-state index < -0.39 is 5.97 Å². The molecule has 19 heavy (non-hydrogen) atoms. The first-order valence-electron chi connectivity index (χ1n) is 6.23. The van der Waals surface area contributed by atoms with Gasteiger partial charge in [-0.1, -0.05) is 12.1 Å². The molecule has 0 radical (unpaired) electrons. The van der Waals surface area contributed by atoms with Gasteiger partial charge in [0.15, 0.2) is 0 Å². The molecule has 104 valence electrons. The predicted molar refractivity (Wildman–Crippen MR) is 68.8 cm³/mol. The largest absolute Gasteiger partial charge is 0.466 e. The van der Waals surface area contributed by atoms with Gasteiger partial charge in [-0.15, -0.1) is 0 Å². The van der Waals surface area contributed by atoms with E-state index >= 15 is 0 Å². The fourth-order valence-electron chi connectivity index (χ4n) is 1.62. The van der Waals surface area contributed by atoms with Gasteiger partial charge in [-0.05, 0) is 31.5 Å². The molecule has 0 aliphatic rings. The van der Waals surface area contributed by atoms with Crippen molar-refractivity contribution in [3.05, 3.63) is 35.6 Å². The average molecular weight is 267 g/mol. The molecule has 4 nitrogen and oxygen atoms in total. The van der Waals surface area contributed by atoms with Crippen molar-refractivity contribution < 1.29 is 18.7 Å². The van der Waals surface area contributed by atoms with Crippen LogP contribution in [0.1, 0.15) is 38.3 Å². The second-order valence-electron chi connectivity index (χ2n) is 4.15. The normalized spacial score (nSPS) is 11.7. The van der Waals surface area contributed by atoms with Crippen LogP contribution in [0.25, 0.3) is 0 Å². The van der Waals surface area contributed by atoms with Crippen molar-refractivity contribution in [3.63, 3.8) is 0 Å². The predicted octanol–water partition coefficient (Wildman–Crippen LogP) is 2.35. The quantitative estimate of drug-likeness (QED) is 0.805. The van der Waals surface area contributed by atoms with E-state index in [1.807, 2.05) is 0 Å². The molecule has 0 bridgehead atoms. The lowest BCUT2D eigenvalue weighted by atomic mass is 10.1. The van der Waals surface area contributed by atoms with Crippen LogP contribution in [0, 0.1) is 5.82 Å². The van der Waals surface area contributed by atoms with Crippen LogP contribution in [0.5, 0.6) is 0 Å². The zero-order chi connectivity index (χ0) is 14.3. The van der Waals surface area contributed by atoms with Crippen molar-refractivity contribution >= 4 is 11.9 Å². The second-order valence-corrected chi connectivity index (χ2v) is 4.15. The highest BCUT2D eigenvalue weighted by Gasteiger charge is 2.12. The van der Waals surface area contributed by atoms with E-state index in [4.69, 9.17) is 4.74 Å². The Morgan fingerprint density at radius 1 is 1.37 bits per heavy atom. The van der Waals surface area contributed by atoms with Gasteiger partial charge in [0.25, 0.3) is 0 Å². The third-order valence-electron chi connectivity index (χ3n) is 2.59. The number of nitrogens with one attached hydrogen (secondary N) is 1. The fourth-order valence-corrected chi connectivity index (χ4v) is 1.62. The van der Waals surface area contributed by atoms with Gasteiger partial charge in [0.05, 0.1) is 19.1 Å². The smallest absolute Gasteiger partial charge is 0.306 e. The first-order valence-corrected chi connectivity index (χ1v) is 6.23. The number of hydrogen-bond donors (Lipinski definition) is 1. The number of carbonyl (C=O) groups is 2. The van der Waals surface area contributed by atoms with E-state index in [1.165, 1.54) is 12.1 Å². The Hall–Kier alpha value is -1.91. The summed E-state index contributed by atoms with van der Waals surface area (Å²) in [6.07, 6.45) is 0.119. The number of carbonyl (C=O) groups excluding carboxylic acids is 2. The van der Waals surface area contributed by atoms with Gasteiger partial charge >= 0.3 is 5.97 Å². The number of ether oxygens (including phenoxy) is 1. The third-order valence-corrected chi connectivity index (χ3v) is 2.59. The van der Waals surface area contributed by atoms with Gasteiger partial charge in [-0.25, -0.2) is 4.39 Å². The molecule has 0 aliphatic carbocycles. The van der Waals surface area contributed by atoms with Crippen LogP contribution in [0.3, 0.4) is 0 Å².